The van der Waals surface area contributed by atoms with E-state index in [1.165, 1.54) is 0 Å². The van der Waals surface area contributed by atoms with Gasteiger partial charge < -0.3 is 9.64 Å². The molecule has 2 aliphatic heterocycles. The van der Waals surface area contributed by atoms with Gasteiger partial charge in [-0.05, 0) is 37.0 Å². The Morgan fingerprint density at radius 2 is 1.69 bits per heavy atom. The van der Waals surface area contributed by atoms with Crippen LogP contribution in [0.2, 0.25) is 0 Å². The largest absolute Gasteiger partial charge is 0.497 e. The second kappa shape index (κ2) is 8.39. The van der Waals surface area contributed by atoms with E-state index >= 15 is 0 Å². The normalized spacial score (nSPS) is 21.5. The molecule has 0 aromatic heterocycles. The average molecular weight is 381 g/mol. The number of methoxy groups -OCH3 is 1. The third kappa shape index (κ3) is 4.98. The molecule has 6 nitrogen and oxygen atoms in total. The second-order valence-corrected chi connectivity index (χ2v) is 9.45. The van der Waals surface area contributed by atoms with Crippen LogP contribution in [0.5, 0.6) is 5.75 Å². The van der Waals surface area contributed by atoms with Crippen molar-refractivity contribution in [3.05, 3.63) is 29.8 Å². The Balaban J connectivity index is 1.42. The summed E-state index contributed by atoms with van der Waals surface area (Å²) in [5.74, 6) is 1.63. The number of carbonyl (C=O) groups is 1. The smallest absolute Gasteiger partial charge is 0.222 e. The first-order chi connectivity index (χ1) is 12.5. The van der Waals surface area contributed by atoms with E-state index in [0.717, 1.165) is 56.8 Å². The monoisotopic (exact) mass is 380 g/mol. The van der Waals surface area contributed by atoms with Crippen LogP contribution in [-0.2, 0) is 21.1 Å². The van der Waals surface area contributed by atoms with Crippen LogP contribution >= 0.6 is 0 Å². The molecule has 3 rings (SSSR count). The lowest BCUT2D eigenvalue weighted by Crippen LogP contribution is -2.53. The molecule has 0 saturated carbocycles. The quantitative estimate of drug-likeness (QED) is 0.771. The van der Waals surface area contributed by atoms with Crippen LogP contribution < -0.4 is 4.74 Å². The number of ether oxygens (including phenoxy) is 1. The molecule has 7 heteroatoms. The summed E-state index contributed by atoms with van der Waals surface area (Å²) in [6.45, 7) is 3.17. The number of piperazine rings is 1. The number of hydrogen-bond acceptors (Lipinski definition) is 5. The molecule has 0 atom stereocenters. The highest BCUT2D eigenvalue weighted by atomic mass is 32.2. The lowest BCUT2D eigenvalue weighted by atomic mass is 10.1. The molecule has 0 unspecified atom stereocenters. The van der Waals surface area contributed by atoms with E-state index in [9.17, 15) is 13.2 Å². The zero-order chi connectivity index (χ0) is 18.6. The van der Waals surface area contributed by atoms with Gasteiger partial charge in [-0.2, -0.15) is 0 Å². The molecule has 144 valence electrons. The molecule has 2 saturated heterocycles. The molecule has 2 fully saturated rings. The van der Waals surface area contributed by atoms with Gasteiger partial charge in [0, 0.05) is 38.6 Å². The van der Waals surface area contributed by atoms with Crippen LogP contribution in [0.3, 0.4) is 0 Å². The van der Waals surface area contributed by atoms with Gasteiger partial charge in [0.05, 0.1) is 18.6 Å². The lowest BCUT2D eigenvalue weighted by Gasteiger charge is -2.40. The fourth-order valence-corrected chi connectivity index (χ4v) is 5.25. The Labute approximate surface area is 156 Å². The van der Waals surface area contributed by atoms with Crippen LogP contribution in [0.25, 0.3) is 0 Å². The third-order valence-electron chi connectivity index (χ3n) is 5.49. The Bertz CT molecular complexity index is 696. The van der Waals surface area contributed by atoms with Gasteiger partial charge >= 0.3 is 0 Å². The number of rotatable bonds is 5. The van der Waals surface area contributed by atoms with Gasteiger partial charge in [0.25, 0.3) is 0 Å². The van der Waals surface area contributed by atoms with Crippen molar-refractivity contribution in [1.29, 1.82) is 0 Å². The third-order valence-corrected chi connectivity index (χ3v) is 7.21. The van der Waals surface area contributed by atoms with Crippen LogP contribution in [0.4, 0.5) is 0 Å². The van der Waals surface area contributed by atoms with E-state index in [1.54, 1.807) is 7.11 Å². The van der Waals surface area contributed by atoms with Crippen molar-refractivity contribution in [3.8, 4) is 5.75 Å². The summed E-state index contributed by atoms with van der Waals surface area (Å²) in [5, 5.41) is 0. The van der Waals surface area contributed by atoms with Crippen LogP contribution in [0, 0.1) is 0 Å². The predicted molar refractivity (Wildman–Crippen MR) is 101 cm³/mol. The Morgan fingerprint density at radius 1 is 1.08 bits per heavy atom. The summed E-state index contributed by atoms with van der Waals surface area (Å²) in [5.41, 5.74) is 1.14. The highest BCUT2D eigenvalue weighted by molar-refractivity contribution is 7.91. The average Bonchev–Trinajstić information content (AvgIpc) is 2.66. The fourth-order valence-electron chi connectivity index (χ4n) is 3.78. The molecule has 2 heterocycles. The zero-order valence-corrected chi connectivity index (χ0v) is 16.2. The molecule has 0 aliphatic carbocycles. The molecular weight excluding hydrogens is 352 g/mol. The number of amides is 1. The fraction of sp³-hybridized carbons (Fsp3) is 0.632. The number of aryl methyl sites for hydroxylation is 1. The lowest BCUT2D eigenvalue weighted by molar-refractivity contribution is -0.133. The molecule has 2 aliphatic rings. The minimum absolute atomic E-state index is 0.201. The van der Waals surface area contributed by atoms with Crippen LogP contribution in [0.15, 0.2) is 24.3 Å². The van der Waals surface area contributed by atoms with Crippen molar-refractivity contribution >= 4 is 15.7 Å². The summed E-state index contributed by atoms with van der Waals surface area (Å²) >= 11 is 0. The van der Waals surface area contributed by atoms with Crippen molar-refractivity contribution in [2.24, 2.45) is 0 Å². The highest BCUT2D eigenvalue weighted by Crippen LogP contribution is 2.20. The van der Waals surface area contributed by atoms with Crippen molar-refractivity contribution in [2.45, 2.75) is 31.7 Å². The molecule has 26 heavy (non-hydrogen) atoms. The first-order valence-corrected chi connectivity index (χ1v) is 11.1. The van der Waals surface area contributed by atoms with Gasteiger partial charge in [-0.1, -0.05) is 12.1 Å². The predicted octanol–water partition coefficient (Wildman–Crippen LogP) is 1.35. The number of sulfone groups is 1. The Hall–Kier alpha value is -1.60. The maximum absolute atomic E-state index is 12.5. The van der Waals surface area contributed by atoms with Crippen molar-refractivity contribution in [1.82, 2.24) is 9.80 Å². The minimum Gasteiger partial charge on any atom is -0.497 e. The zero-order valence-electron chi connectivity index (χ0n) is 15.4. The topological polar surface area (TPSA) is 66.9 Å². The van der Waals surface area contributed by atoms with E-state index in [-0.39, 0.29) is 5.91 Å². The van der Waals surface area contributed by atoms with Crippen molar-refractivity contribution in [2.75, 3.05) is 44.8 Å². The van der Waals surface area contributed by atoms with E-state index in [2.05, 4.69) is 4.90 Å². The van der Waals surface area contributed by atoms with Crippen LogP contribution in [0.1, 0.15) is 24.8 Å². The molecule has 1 aromatic rings. The van der Waals surface area contributed by atoms with Gasteiger partial charge in [0.1, 0.15) is 15.6 Å². The van der Waals surface area contributed by atoms with Gasteiger partial charge in [0.2, 0.25) is 5.91 Å². The minimum atomic E-state index is -2.82. The molecule has 1 aromatic carbocycles. The van der Waals surface area contributed by atoms with Gasteiger partial charge in [-0.15, -0.1) is 0 Å². The number of hydrogen-bond donors (Lipinski definition) is 0. The summed E-state index contributed by atoms with van der Waals surface area (Å²) in [4.78, 5) is 16.8. The molecule has 1 amide bonds. The van der Waals surface area contributed by atoms with E-state index in [1.807, 2.05) is 29.2 Å². The standard InChI is InChI=1S/C19H28N2O4S/c1-25-18-5-2-16(3-6-18)4-7-19(22)21-12-10-20(11-13-21)17-8-14-26(23,24)15-9-17/h2-3,5-6,17H,4,7-15H2,1H3. The maximum Gasteiger partial charge on any atom is 0.222 e. The molecule has 0 bridgehead atoms. The van der Waals surface area contributed by atoms with E-state index in [0.29, 0.717) is 24.0 Å². The number of benzene rings is 1. The van der Waals surface area contributed by atoms with Gasteiger partial charge in [0.15, 0.2) is 0 Å². The van der Waals surface area contributed by atoms with Crippen LogP contribution in [-0.4, -0.2) is 75.0 Å². The summed E-state index contributed by atoms with van der Waals surface area (Å²) < 4.78 is 28.3. The van der Waals surface area contributed by atoms with Crippen molar-refractivity contribution in [3.63, 3.8) is 0 Å². The maximum atomic E-state index is 12.5. The second-order valence-electron chi connectivity index (χ2n) is 7.15. The van der Waals surface area contributed by atoms with E-state index < -0.39 is 9.84 Å². The highest BCUT2D eigenvalue weighted by Gasteiger charge is 2.30. The Kier molecular flexibility index (Phi) is 6.19. The summed E-state index contributed by atoms with van der Waals surface area (Å²) in [6, 6.07) is 8.20. The Morgan fingerprint density at radius 3 is 2.27 bits per heavy atom. The van der Waals surface area contributed by atoms with Gasteiger partial charge in [-0.3, -0.25) is 9.69 Å². The first kappa shape index (κ1) is 19.2. The molecule has 0 radical (unpaired) electrons. The molecular formula is C19H28N2O4S. The number of nitrogens with zero attached hydrogens (tertiary/aromatic N) is 2. The summed E-state index contributed by atoms with van der Waals surface area (Å²) in [7, 11) is -1.17. The molecule has 0 spiro atoms. The molecule has 0 N–H and O–H groups in total. The SMILES string of the molecule is COc1ccc(CCC(=O)N2CCN(C3CCS(=O)(=O)CC3)CC2)cc1. The summed E-state index contributed by atoms with van der Waals surface area (Å²) in [6.07, 6.45) is 2.72. The van der Waals surface area contributed by atoms with Crippen molar-refractivity contribution < 1.29 is 17.9 Å². The van der Waals surface area contributed by atoms with E-state index in [4.69, 9.17) is 4.74 Å². The first-order valence-electron chi connectivity index (χ1n) is 9.32. The number of carbonyl (C=O) groups excluding carboxylic acids is 1. The van der Waals surface area contributed by atoms with Gasteiger partial charge in [-0.25, -0.2) is 8.42 Å².